The normalized spacial score (nSPS) is 18.6. The smallest absolute Gasteiger partial charge is 0.332 e. The van der Waals surface area contributed by atoms with Gasteiger partial charge in [0, 0.05) is 33.7 Å². The van der Waals surface area contributed by atoms with E-state index in [0.717, 1.165) is 30.0 Å². The third kappa shape index (κ3) is 2.40. The summed E-state index contributed by atoms with van der Waals surface area (Å²) in [6.45, 7) is 8.33. The van der Waals surface area contributed by atoms with Gasteiger partial charge in [-0.25, -0.2) is 4.79 Å². The van der Waals surface area contributed by atoms with E-state index >= 15 is 0 Å². The zero-order chi connectivity index (χ0) is 16.7. The summed E-state index contributed by atoms with van der Waals surface area (Å²) < 4.78 is 4.45. The lowest BCUT2D eigenvalue weighted by atomic mass is 10.0. The van der Waals surface area contributed by atoms with Gasteiger partial charge in [-0.1, -0.05) is 13.0 Å². The fourth-order valence-electron chi connectivity index (χ4n) is 3.35. The van der Waals surface area contributed by atoms with Crippen molar-refractivity contribution in [3.8, 4) is 0 Å². The van der Waals surface area contributed by atoms with Crippen LogP contribution in [0.5, 0.6) is 0 Å². The molecular formula is C16H23N5O2. The van der Waals surface area contributed by atoms with Crippen LogP contribution in [-0.2, 0) is 20.6 Å². The van der Waals surface area contributed by atoms with Crippen molar-refractivity contribution >= 4 is 17.1 Å². The lowest BCUT2D eigenvalue weighted by molar-refractivity contribution is 0.439. The zero-order valence-corrected chi connectivity index (χ0v) is 13.9. The van der Waals surface area contributed by atoms with Crippen LogP contribution < -0.4 is 16.1 Å². The van der Waals surface area contributed by atoms with Gasteiger partial charge in [-0.05, 0) is 18.8 Å². The van der Waals surface area contributed by atoms with Crippen LogP contribution in [0.15, 0.2) is 22.2 Å². The molecule has 0 amide bonds. The van der Waals surface area contributed by atoms with E-state index in [4.69, 9.17) is 0 Å². The van der Waals surface area contributed by atoms with Gasteiger partial charge in [0.1, 0.15) is 0 Å². The van der Waals surface area contributed by atoms with E-state index in [2.05, 4.69) is 23.4 Å². The van der Waals surface area contributed by atoms with Crippen molar-refractivity contribution in [2.45, 2.75) is 26.3 Å². The van der Waals surface area contributed by atoms with Crippen LogP contribution in [0.1, 0.15) is 19.8 Å². The molecule has 2 aromatic heterocycles. The molecule has 0 spiro atoms. The molecule has 0 N–H and O–H groups in total. The standard InChI is InChI=1S/C16H23N5O2/c1-5-8-21-12-13(18(3)16(23)19(4)14(12)22)17-15(21)20-9-6-7-11(2)10-20/h5,11H,1,6-10H2,2-4H3/t11-/m0/s1. The van der Waals surface area contributed by atoms with Gasteiger partial charge in [0.25, 0.3) is 5.56 Å². The Hall–Kier alpha value is -2.31. The van der Waals surface area contributed by atoms with E-state index in [1.54, 1.807) is 13.1 Å². The van der Waals surface area contributed by atoms with Crippen molar-refractivity contribution in [2.75, 3.05) is 18.0 Å². The molecule has 1 atom stereocenters. The first-order valence-corrected chi connectivity index (χ1v) is 7.97. The van der Waals surface area contributed by atoms with Gasteiger partial charge in [0.15, 0.2) is 11.2 Å². The van der Waals surface area contributed by atoms with Crippen molar-refractivity contribution in [1.29, 1.82) is 0 Å². The SMILES string of the molecule is C=CCn1c(N2CCC[C@H](C)C2)nc2c1c(=O)n(C)c(=O)n2C. The summed E-state index contributed by atoms with van der Waals surface area (Å²) >= 11 is 0. The molecule has 1 aliphatic heterocycles. The third-order valence-corrected chi connectivity index (χ3v) is 4.58. The van der Waals surface area contributed by atoms with Crippen LogP contribution >= 0.6 is 0 Å². The molecule has 0 bridgehead atoms. The van der Waals surface area contributed by atoms with E-state index in [-0.39, 0.29) is 11.2 Å². The van der Waals surface area contributed by atoms with Crippen LogP contribution in [0.3, 0.4) is 0 Å². The van der Waals surface area contributed by atoms with Gasteiger partial charge in [0.05, 0.1) is 0 Å². The molecule has 124 valence electrons. The summed E-state index contributed by atoms with van der Waals surface area (Å²) in [5, 5.41) is 0. The highest BCUT2D eigenvalue weighted by Gasteiger charge is 2.25. The summed E-state index contributed by atoms with van der Waals surface area (Å²) in [7, 11) is 3.15. The average molecular weight is 317 g/mol. The minimum Gasteiger partial charge on any atom is -0.342 e. The molecule has 0 unspecified atom stereocenters. The highest BCUT2D eigenvalue weighted by atomic mass is 16.2. The second kappa shape index (κ2) is 5.72. The molecule has 7 heteroatoms. The number of hydrogen-bond donors (Lipinski definition) is 0. The first kappa shape index (κ1) is 15.6. The first-order valence-electron chi connectivity index (χ1n) is 7.97. The Labute approximate surface area is 134 Å². The molecule has 0 aromatic carbocycles. The lowest BCUT2D eigenvalue weighted by Crippen LogP contribution is -2.38. The fraction of sp³-hybridized carbons (Fsp3) is 0.562. The monoisotopic (exact) mass is 317 g/mol. The predicted octanol–water partition coefficient (Wildman–Crippen LogP) is 0.856. The Morgan fingerprint density at radius 3 is 2.70 bits per heavy atom. The average Bonchev–Trinajstić information content (AvgIpc) is 2.91. The summed E-state index contributed by atoms with van der Waals surface area (Å²) in [5.41, 5.74) is 0.231. The minimum atomic E-state index is -0.357. The Balaban J connectivity index is 2.30. The molecule has 1 saturated heterocycles. The maximum atomic E-state index is 12.6. The van der Waals surface area contributed by atoms with E-state index in [1.165, 1.54) is 18.0 Å². The van der Waals surface area contributed by atoms with Crippen LogP contribution in [0.2, 0.25) is 0 Å². The fourth-order valence-corrected chi connectivity index (χ4v) is 3.35. The topological polar surface area (TPSA) is 65.1 Å². The maximum absolute atomic E-state index is 12.6. The summed E-state index contributed by atoms with van der Waals surface area (Å²) in [5.74, 6) is 1.34. The number of anilines is 1. The van der Waals surface area contributed by atoms with Crippen LogP contribution in [-0.4, -0.2) is 31.8 Å². The number of piperidine rings is 1. The number of fused-ring (bicyclic) bond motifs is 1. The first-order chi connectivity index (χ1) is 11.0. The number of hydrogen-bond acceptors (Lipinski definition) is 4. The van der Waals surface area contributed by atoms with Gasteiger partial charge in [-0.2, -0.15) is 4.98 Å². The van der Waals surface area contributed by atoms with E-state index in [1.807, 2.05) is 4.57 Å². The second-order valence-electron chi connectivity index (χ2n) is 6.38. The highest BCUT2D eigenvalue weighted by Crippen LogP contribution is 2.25. The van der Waals surface area contributed by atoms with Gasteiger partial charge >= 0.3 is 5.69 Å². The molecule has 3 rings (SSSR count). The summed E-state index contributed by atoms with van der Waals surface area (Å²) in [6.07, 6.45) is 4.07. The van der Waals surface area contributed by atoms with Crippen molar-refractivity contribution in [2.24, 2.45) is 20.0 Å². The van der Waals surface area contributed by atoms with Crippen LogP contribution in [0, 0.1) is 5.92 Å². The van der Waals surface area contributed by atoms with Gasteiger partial charge < -0.3 is 9.47 Å². The van der Waals surface area contributed by atoms with Crippen molar-refractivity contribution in [3.05, 3.63) is 33.5 Å². The van der Waals surface area contributed by atoms with Crippen molar-refractivity contribution in [1.82, 2.24) is 18.7 Å². The number of allylic oxidation sites excluding steroid dienone is 1. The van der Waals surface area contributed by atoms with E-state index in [0.29, 0.717) is 23.6 Å². The molecule has 0 radical (unpaired) electrons. The number of nitrogens with zero attached hydrogens (tertiary/aromatic N) is 5. The van der Waals surface area contributed by atoms with E-state index in [9.17, 15) is 9.59 Å². The molecule has 0 aliphatic carbocycles. The predicted molar refractivity (Wildman–Crippen MR) is 91.0 cm³/mol. The molecule has 2 aromatic rings. The van der Waals surface area contributed by atoms with E-state index < -0.39 is 0 Å². The van der Waals surface area contributed by atoms with Gasteiger partial charge in [-0.3, -0.25) is 13.9 Å². The van der Waals surface area contributed by atoms with Gasteiger partial charge in [-0.15, -0.1) is 6.58 Å². The molecular weight excluding hydrogens is 294 g/mol. The summed E-state index contributed by atoms with van der Waals surface area (Å²) in [4.78, 5) is 31.6. The Bertz CT molecular complexity index is 873. The molecule has 1 fully saturated rings. The van der Waals surface area contributed by atoms with Crippen molar-refractivity contribution in [3.63, 3.8) is 0 Å². The minimum absolute atomic E-state index is 0.311. The third-order valence-electron chi connectivity index (χ3n) is 4.58. The highest BCUT2D eigenvalue weighted by molar-refractivity contribution is 5.74. The molecule has 0 saturated carbocycles. The Morgan fingerprint density at radius 2 is 2.04 bits per heavy atom. The second-order valence-corrected chi connectivity index (χ2v) is 6.38. The number of rotatable bonds is 3. The zero-order valence-electron chi connectivity index (χ0n) is 13.9. The Kier molecular flexibility index (Phi) is 3.87. The summed E-state index contributed by atoms with van der Waals surface area (Å²) in [6, 6.07) is 0. The molecule has 23 heavy (non-hydrogen) atoms. The molecule has 3 heterocycles. The number of imidazole rings is 1. The maximum Gasteiger partial charge on any atom is 0.332 e. The number of aromatic nitrogens is 4. The molecule has 1 aliphatic rings. The van der Waals surface area contributed by atoms with Crippen LogP contribution in [0.4, 0.5) is 5.95 Å². The quantitative estimate of drug-likeness (QED) is 0.788. The Morgan fingerprint density at radius 1 is 1.30 bits per heavy atom. The van der Waals surface area contributed by atoms with Gasteiger partial charge in [0.2, 0.25) is 5.95 Å². The largest absolute Gasteiger partial charge is 0.342 e. The molecule has 7 nitrogen and oxygen atoms in total. The lowest BCUT2D eigenvalue weighted by Gasteiger charge is -2.31. The van der Waals surface area contributed by atoms with Crippen molar-refractivity contribution < 1.29 is 0 Å². The number of aryl methyl sites for hydroxylation is 1. The van der Waals surface area contributed by atoms with Crippen LogP contribution in [0.25, 0.3) is 11.2 Å².